The van der Waals surface area contributed by atoms with Gasteiger partial charge in [-0.3, -0.25) is 0 Å². The van der Waals surface area contributed by atoms with Crippen molar-refractivity contribution in [3.63, 3.8) is 0 Å². The number of benzene rings is 3. The molecule has 0 saturated carbocycles. The van der Waals surface area contributed by atoms with Crippen LogP contribution in [0.2, 0.25) is 0 Å². The fraction of sp³-hybridized carbons (Fsp3) is 0.167. The minimum atomic E-state index is 0.500. The van der Waals surface area contributed by atoms with Gasteiger partial charge in [0.15, 0.2) is 0 Å². The summed E-state index contributed by atoms with van der Waals surface area (Å²) in [5.74, 6) is 0. The minimum Gasteiger partial charge on any atom is -0.242 e. The van der Waals surface area contributed by atoms with Gasteiger partial charge < -0.3 is 0 Å². The quantitative estimate of drug-likeness (QED) is 0.503. The van der Waals surface area contributed by atoms with Gasteiger partial charge in [-0.15, -0.1) is 0 Å². The maximum atomic E-state index is 6.90. The summed E-state index contributed by atoms with van der Waals surface area (Å²) in [6.45, 7) is 1.00. The Balaban J connectivity index is 1.65. The molecular formula is C24H22N4. The maximum absolute atomic E-state index is 6.90. The molecule has 3 aromatic carbocycles. The highest BCUT2D eigenvalue weighted by atomic mass is 14.7. The zero-order valence-corrected chi connectivity index (χ0v) is 15.7. The van der Waals surface area contributed by atoms with Gasteiger partial charge in [0, 0.05) is 0 Å². The van der Waals surface area contributed by atoms with Crippen LogP contribution in [0, 0.1) is 10.8 Å². The summed E-state index contributed by atoms with van der Waals surface area (Å²) in [7, 11) is 0. The van der Waals surface area contributed by atoms with Crippen LogP contribution >= 0.6 is 0 Å². The standard InChI is InChI=1S/C24H22N4/c25-17-27-15-23-5-1-3-21(13-23)11-19-7-9-20(10-8-19)12-22-4-2-6-24(14-22)16-28-18-26/h1-10,13-14,25-26H,11-12,15-16H2. The maximum Gasteiger partial charge on any atom is 0.0865 e. The first-order valence-corrected chi connectivity index (χ1v) is 9.17. The molecule has 4 heteroatoms. The van der Waals surface area contributed by atoms with E-state index in [2.05, 4.69) is 70.5 Å². The average Bonchev–Trinajstić information content (AvgIpc) is 2.73. The number of hydrogen-bond acceptors (Lipinski definition) is 4. The van der Waals surface area contributed by atoms with Crippen LogP contribution in [0.4, 0.5) is 0 Å². The van der Waals surface area contributed by atoms with E-state index in [-0.39, 0.29) is 0 Å². The van der Waals surface area contributed by atoms with E-state index in [1.54, 1.807) is 0 Å². The van der Waals surface area contributed by atoms with Gasteiger partial charge in [0.25, 0.3) is 0 Å². The Morgan fingerprint density at radius 1 is 0.536 bits per heavy atom. The van der Waals surface area contributed by atoms with Crippen molar-refractivity contribution in [2.75, 3.05) is 0 Å². The van der Waals surface area contributed by atoms with Crippen LogP contribution in [0.15, 0.2) is 82.8 Å². The predicted octanol–water partition coefficient (Wildman–Crippen LogP) is 5.37. The molecule has 0 aliphatic rings. The molecule has 0 aliphatic carbocycles. The molecule has 3 rings (SSSR count). The molecule has 0 spiro atoms. The van der Waals surface area contributed by atoms with Gasteiger partial charge in [0.05, 0.1) is 25.1 Å². The molecule has 0 aromatic heterocycles. The van der Waals surface area contributed by atoms with E-state index in [9.17, 15) is 0 Å². The number of rotatable bonds is 8. The third-order valence-electron chi connectivity index (χ3n) is 4.50. The summed E-state index contributed by atoms with van der Waals surface area (Å²) in [6.07, 6.45) is 1.75. The minimum absolute atomic E-state index is 0.500. The van der Waals surface area contributed by atoms with Gasteiger partial charge in [-0.05, 0) is 46.2 Å². The lowest BCUT2D eigenvalue weighted by Crippen LogP contribution is -1.93. The molecule has 0 fully saturated rings. The predicted molar refractivity (Wildman–Crippen MR) is 113 cm³/mol. The highest BCUT2D eigenvalue weighted by Gasteiger charge is 2.01. The molecule has 0 atom stereocenters. The van der Waals surface area contributed by atoms with Crippen molar-refractivity contribution in [3.05, 3.63) is 106 Å². The normalized spacial score (nSPS) is 10.0. The van der Waals surface area contributed by atoms with Crippen molar-refractivity contribution in [3.8, 4) is 0 Å². The van der Waals surface area contributed by atoms with Crippen molar-refractivity contribution in [2.24, 2.45) is 9.98 Å². The van der Waals surface area contributed by atoms with Gasteiger partial charge in [-0.2, -0.15) is 0 Å². The highest BCUT2D eigenvalue weighted by Crippen LogP contribution is 2.16. The van der Waals surface area contributed by atoms with Crippen molar-refractivity contribution < 1.29 is 0 Å². The van der Waals surface area contributed by atoms with Crippen LogP contribution in [0.3, 0.4) is 0 Å². The highest BCUT2D eigenvalue weighted by molar-refractivity contribution is 5.38. The Morgan fingerprint density at radius 2 is 0.929 bits per heavy atom. The third kappa shape index (κ3) is 5.72. The van der Waals surface area contributed by atoms with Crippen LogP contribution in [0.5, 0.6) is 0 Å². The van der Waals surface area contributed by atoms with Gasteiger partial charge >= 0.3 is 0 Å². The van der Waals surface area contributed by atoms with Crippen LogP contribution in [0.25, 0.3) is 0 Å². The Labute approximate surface area is 165 Å². The second-order valence-corrected chi connectivity index (χ2v) is 6.67. The Bertz CT molecular complexity index is 940. The second-order valence-electron chi connectivity index (χ2n) is 6.67. The van der Waals surface area contributed by atoms with Crippen LogP contribution in [-0.2, 0) is 25.9 Å². The first kappa shape index (κ1) is 19.2. The molecule has 28 heavy (non-hydrogen) atoms. The lowest BCUT2D eigenvalue weighted by molar-refractivity contribution is 1.05. The van der Waals surface area contributed by atoms with Crippen molar-refractivity contribution >= 4 is 12.0 Å². The molecule has 138 valence electrons. The Kier molecular flexibility index (Phi) is 6.81. The second kappa shape index (κ2) is 9.94. The molecule has 3 aromatic rings. The summed E-state index contributed by atoms with van der Waals surface area (Å²) in [5.41, 5.74) is 7.22. The average molecular weight is 366 g/mol. The molecule has 0 saturated heterocycles. The number of hydrogen-bond donors (Lipinski definition) is 2. The topological polar surface area (TPSA) is 72.4 Å². The molecule has 0 unspecified atom stereocenters. The van der Waals surface area contributed by atoms with E-state index in [1.165, 1.54) is 22.3 Å². The first-order valence-electron chi connectivity index (χ1n) is 9.17. The van der Waals surface area contributed by atoms with Gasteiger partial charge in [0.1, 0.15) is 0 Å². The number of aliphatic imine (C=N–C) groups is 2. The van der Waals surface area contributed by atoms with E-state index in [4.69, 9.17) is 10.8 Å². The zero-order valence-electron chi connectivity index (χ0n) is 15.7. The lowest BCUT2D eigenvalue weighted by atomic mass is 9.99. The number of nitrogens with one attached hydrogen (secondary N) is 2. The van der Waals surface area contributed by atoms with Gasteiger partial charge in [-0.25, -0.2) is 20.8 Å². The van der Waals surface area contributed by atoms with E-state index >= 15 is 0 Å². The summed E-state index contributed by atoms with van der Waals surface area (Å²) in [6, 6.07) is 29.5. The smallest absolute Gasteiger partial charge is 0.0865 e. The van der Waals surface area contributed by atoms with E-state index in [0.717, 1.165) is 24.0 Å². The van der Waals surface area contributed by atoms with Crippen molar-refractivity contribution in [2.45, 2.75) is 25.9 Å². The zero-order chi connectivity index (χ0) is 19.6. The fourth-order valence-electron chi connectivity index (χ4n) is 3.18. The van der Waals surface area contributed by atoms with E-state index in [0.29, 0.717) is 13.1 Å². The van der Waals surface area contributed by atoms with E-state index in [1.807, 2.05) is 24.3 Å². The lowest BCUT2D eigenvalue weighted by Gasteiger charge is -2.07. The van der Waals surface area contributed by atoms with Gasteiger partial charge in [-0.1, -0.05) is 72.8 Å². The summed E-state index contributed by atoms with van der Waals surface area (Å²) in [4.78, 5) is 7.72. The van der Waals surface area contributed by atoms with Crippen LogP contribution in [0.1, 0.15) is 33.4 Å². The molecule has 2 N–H and O–H groups in total. The Morgan fingerprint density at radius 3 is 1.32 bits per heavy atom. The molecule has 4 nitrogen and oxygen atoms in total. The molecule has 0 bridgehead atoms. The molecular weight excluding hydrogens is 344 g/mol. The van der Waals surface area contributed by atoms with Crippen molar-refractivity contribution in [1.29, 1.82) is 10.8 Å². The largest absolute Gasteiger partial charge is 0.242 e. The first-order chi connectivity index (χ1) is 13.8. The summed E-state index contributed by atoms with van der Waals surface area (Å²) in [5, 5.41) is 13.8. The third-order valence-corrected chi connectivity index (χ3v) is 4.50. The number of nitrogens with zero attached hydrogens (tertiary/aromatic N) is 2. The van der Waals surface area contributed by atoms with Crippen LogP contribution < -0.4 is 0 Å². The molecule has 0 aliphatic heterocycles. The van der Waals surface area contributed by atoms with Crippen molar-refractivity contribution in [1.82, 2.24) is 0 Å². The van der Waals surface area contributed by atoms with E-state index < -0.39 is 0 Å². The SMILES string of the molecule is N=C=NCc1cccc(Cc2ccc(Cc3cccc(CN=C=N)c3)cc2)c1. The molecule has 0 radical (unpaired) electrons. The fourth-order valence-corrected chi connectivity index (χ4v) is 3.18. The summed E-state index contributed by atoms with van der Waals surface area (Å²) >= 11 is 0. The molecule has 0 amide bonds. The monoisotopic (exact) mass is 366 g/mol. The van der Waals surface area contributed by atoms with Crippen LogP contribution in [-0.4, -0.2) is 12.0 Å². The van der Waals surface area contributed by atoms with Gasteiger partial charge in [0.2, 0.25) is 0 Å². The Hall–Kier alpha value is -3.58. The molecule has 0 heterocycles. The summed E-state index contributed by atoms with van der Waals surface area (Å²) < 4.78 is 0.